The zero-order valence-electron chi connectivity index (χ0n) is 68.5. The Morgan fingerprint density at radius 2 is 0.722 bits per heavy atom. The van der Waals surface area contributed by atoms with Crippen LogP contribution in [0.5, 0.6) is 0 Å². The van der Waals surface area contributed by atoms with E-state index in [0.29, 0.717) is 29.0 Å². The van der Waals surface area contributed by atoms with Gasteiger partial charge in [-0.1, -0.05) is 201 Å². The Hall–Kier alpha value is -11.2. The third-order valence-corrected chi connectivity index (χ3v) is 17.9. The molecule has 18 rings (SSSR count). The van der Waals surface area contributed by atoms with Gasteiger partial charge < -0.3 is 19.9 Å². The van der Waals surface area contributed by atoms with Crippen LogP contribution in [0.1, 0.15) is 79.0 Å². The van der Waals surface area contributed by atoms with Gasteiger partial charge in [0.05, 0.1) is 6.85 Å². The van der Waals surface area contributed by atoms with Crippen molar-refractivity contribution in [1.29, 1.82) is 0 Å². The molecule has 0 aliphatic heterocycles. The minimum absolute atomic E-state index is 0. The number of aromatic nitrogens is 7. The van der Waals surface area contributed by atoms with Gasteiger partial charge in [-0.05, 0) is 141 Å². The Morgan fingerprint density at radius 3 is 1.12 bits per heavy atom. The van der Waals surface area contributed by atoms with Gasteiger partial charge in [0.2, 0.25) is 0 Å². The molecule has 4 radical (unpaired) electrons. The van der Waals surface area contributed by atoms with E-state index in [2.05, 4.69) is 207 Å². The maximum Gasteiger partial charge on any atom is 0.0629 e. The van der Waals surface area contributed by atoms with Gasteiger partial charge in [0.25, 0.3) is 0 Å². The molecule has 11 heteroatoms. The smallest absolute Gasteiger partial charge is 0.0629 e. The Labute approximate surface area is 740 Å². The predicted octanol–water partition coefficient (Wildman–Crippen LogP) is 25.3. The van der Waals surface area contributed by atoms with Gasteiger partial charge in [0.1, 0.15) is 0 Å². The second-order valence-corrected chi connectivity index (χ2v) is 25.7. The molecule has 3 aliphatic rings. The maximum atomic E-state index is 8.05. The molecule has 3 aliphatic carbocycles. The molecule has 0 saturated carbocycles. The van der Waals surface area contributed by atoms with Gasteiger partial charge in [-0.15, -0.1) is 151 Å². The summed E-state index contributed by atoms with van der Waals surface area (Å²) in [6.45, 7) is 6.35. The summed E-state index contributed by atoms with van der Waals surface area (Å²) in [5, 5.41) is 0. The van der Waals surface area contributed by atoms with Gasteiger partial charge in [-0.2, -0.15) is 18.2 Å². The molecule has 0 saturated heterocycles. The number of allylic oxidation sites excluding steroid dienone is 12. The predicted molar refractivity (Wildman–Crippen MR) is 456 cm³/mol. The summed E-state index contributed by atoms with van der Waals surface area (Å²) in [6.07, 6.45) is 42.2. The van der Waals surface area contributed by atoms with E-state index in [1.54, 1.807) is 24.4 Å². The molecular formula is C104H84Ir4N7-7. The molecule has 7 aromatic heterocycles. The van der Waals surface area contributed by atoms with E-state index >= 15 is 0 Å². The zero-order chi connectivity index (χ0) is 80.5. The van der Waals surface area contributed by atoms with Crippen LogP contribution in [-0.4, -0.2) is 34.9 Å². The number of hydrogen-bond donors (Lipinski definition) is 0. The van der Waals surface area contributed by atoms with E-state index < -0.39 is 6.04 Å². The first kappa shape index (κ1) is 81.8. The molecule has 0 fully saturated rings. The van der Waals surface area contributed by atoms with Crippen molar-refractivity contribution in [3.63, 3.8) is 0 Å². The van der Waals surface area contributed by atoms with Crippen molar-refractivity contribution in [3.8, 4) is 89.5 Å². The Morgan fingerprint density at radius 1 is 0.313 bits per heavy atom. The van der Waals surface area contributed by atoms with Crippen molar-refractivity contribution in [1.82, 2.24) is 34.9 Å². The van der Waals surface area contributed by atoms with Crippen LogP contribution in [0.2, 0.25) is 0 Å². The second kappa shape index (κ2) is 49.5. The van der Waals surface area contributed by atoms with Crippen LogP contribution in [0.4, 0.5) is 0 Å². The van der Waals surface area contributed by atoms with Crippen LogP contribution >= 0.6 is 0 Å². The molecule has 0 spiro atoms. The molecule has 7 nitrogen and oxygen atoms in total. The number of nitrogens with zero attached hydrogens (tertiary/aromatic N) is 7. The molecule has 15 aromatic rings. The van der Waals surface area contributed by atoms with Crippen molar-refractivity contribution >= 4 is 0 Å². The molecule has 0 amide bonds. The summed E-state index contributed by atoms with van der Waals surface area (Å²) in [7, 11) is 0. The first-order valence-corrected chi connectivity index (χ1v) is 36.9. The third-order valence-electron chi connectivity index (χ3n) is 17.9. The molecule has 8 aromatic carbocycles. The third kappa shape index (κ3) is 28.1. The summed E-state index contributed by atoms with van der Waals surface area (Å²) in [4.78, 5) is 30.6. The van der Waals surface area contributed by atoms with Gasteiger partial charge in [-0.25, -0.2) is 36.0 Å². The van der Waals surface area contributed by atoms with E-state index in [1.807, 2.05) is 237 Å². The molecule has 0 N–H and O–H groups in total. The van der Waals surface area contributed by atoms with Gasteiger partial charge in [0.15, 0.2) is 0 Å². The summed E-state index contributed by atoms with van der Waals surface area (Å²) in [5.41, 5.74) is 22.4. The average Bonchev–Trinajstić information content (AvgIpc) is 0.773. The fraction of sp³-hybridized carbons (Fsp3) is 0.0865. The SMILES string of the molecule is CC1=CCC(c2ccccn2)[C-]=C1.Cc1ccccc1-c1ccc(-c2[c-]cccc2)nc1.Cc1ccccc1-c1ccnc(-c2[c-]cccc2)c1.[2H]c1c([2H])c([2H])c(-c2ccnc(-c3[c-]cccc3)c2)c([2H])c1[2H].[C-]1=CC=CCC1c1ccccn1.[C-]1=CC=CCC1c1ccccn1.[Ir].[Ir].[Ir].[Ir].[c-]1ccccc1-c1ccc(-c2ccccc2)cn1. The van der Waals surface area contributed by atoms with E-state index in [9.17, 15) is 0 Å². The summed E-state index contributed by atoms with van der Waals surface area (Å²) < 4.78 is 39.3. The standard InChI is InChI=1S/2C18H14N.2C17H12N.C12H12N.2C11H10N.4Ir/c1-14-7-5-6-10-17(14)16-11-12-19-18(13-16)15-8-3-2-4-9-15;1-14-7-5-6-10-17(14)16-11-12-18(19-13-16)15-8-3-2-4-9-15;1-3-7-14(8-4-1)16-11-12-18-17(13-16)15-9-5-2-6-10-15;1-3-7-14(8-4-1)16-11-12-17(18-13-16)15-9-5-2-6-10-15;1-10-5-7-11(8-6-10)12-4-2-3-9-13-12;2*1-2-6-10(7-3-1)11-8-4-5-9-12-11;;;;/h2*2-8,10-13H,1H3;2*1-9,11-13H;2-6,9,11H,7H2,1H3;2*1-5,8-10H,6H2;;;;/q7*-1;;;;/i;;1D,3D,4D,7D,8D;;;;;;;;. The van der Waals surface area contributed by atoms with E-state index in [0.717, 1.165) is 86.8 Å². The van der Waals surface area contributed by atoms with Crippen molar-refractivity contribution in [2.75, 3.05) is 0 Å². The van der Waals surface area contributed by atoms with Crippen LogP contribution in [0.15, 0.2) is 407 Å². The van der Waals surface area contributed by atoms with Gasteiger partial charge in [0, 0.05) is 141 Å². The van der Waals surface area contributed by atoms with Crippen LogP contribution in [-0.2, 0) is 80.4 Å². The minimum atomic E-state index is -0.394. The molecule has 0 bridgehead atoms. The van der Waals surface area contributed by atoms with E-state index in [-0.39, 0.29) is 110 Å². The van der Waals surface area contributed by atoms with Crippen LogP contribution < -0.4 is 0 Å². The van der Waals surface area contributed by atoms with E-state index in [4.69, 9.17) is 6.85 Å². The minimum Gasteiger partial charge on any atom is -0.305 e. The molecule has 578 valence electrons. The molecule has 3 unspecified atom stereocenters. The molecule has 3 atom stereocenters. The van der Waals surface area contributed by atoms with Crippen molar-refractivity contribution < 1.29 is 87.3 Å². The summed E-state index contributed by atoms with van der Waals surface area (Å²) >= 11 is 0. The Kier molecular flexibility index (Phi) is 35.2. The molecule has 7 heterocycles. The number of aryl methyl sites for hydroxylation is 2. The first-order valence-electron chi connectivity index (χ1n) is 39.4. The fourth-order valence-electron chi connectivity index (χ4n) is 12.0. The average molecular weight is 2210 g/mol. The Bertz CT molecular complexity index is 5630. The van der Waals surface area contributed by atoms with Gasteiger partial charge in [-0.3, -0.25) is 33.2 Å². The topological polar surface area (TPSA) is 90.2 Å². The first-order chi connectivity index (χ1) is 56.9. The van der Waals surface area contributed by atoms with Crippen molar-refractivity contribution in [2.24, 2.45) is 0 Å². The molecule has 115 heavy (non-hydrogen) atoms. The zero-order valence-corrected chi connectivity index (χ0v) is 73.1. The molecular weight excluding hydrogens is 2120 g/mol. The number of rotatable bonds is 11. The fourth-order valence-corrected chi connectivity index (χ4v) is 12.0. The van der Waals surface area contributed by atoms with E-state index in [1.165, 1.54) is 39.0 Å². The largest absolute Gasteiger partial charge is 0.305 e. The Balaban J connectivity index is 0.000000175. The summed E-state index contributed by atoms with van der Waals surface area (Å²) in [5.74, 6) is 1.07. The van der Waals surface area contributed by atoms with Gasteiger partial charge >= 0.3 is 0 Å². The van der Waals surface area contributed by atoms with Crippen molar-refractivity contribution in [2.45, 2.75) is 57.8 Å². The van der Waals surface area contributed by atoms with Crippen LogP contribution in [0.25, 0.3) is 89.5 Å². The van der Waals surface area contributed by atoms with Crippen LogP contribution in [0, 0.1) is 56.3 Å². The van der Waals surface area contributed by atoms with Crippen LogP contribution in [0.3, 0.4) is 0 Å². The van der Waals surface area contributed by atoms with Crippen molar-refractivity contribution in [3.05, 3.63) is 478 Å². The maximum absolute atomic E-state index is 8.05. The summed E-state index contributed by atoms with van der Waals surface area (Å²) in [6, 6.07) is 103. The normalized spacial score (nSPS) is 14.1. The number of hydrogen-bond acceptors (Lipinski definition) is 7. The number of pyridine rings is 7. The monoisotopic (exact) mass is 2210 g/mol. The number of benzene rings is 8. The quantitative estimate of drug-likeness (QED) is 0.119. The second-order valence-electron chi connectivity index (χ2n) is 25.7.